The van der Waals surface area contributed by atoms with Gasteiger partial charge in [-0.25, -0.2) is 0 Å². The summed E-state index contributed by atoms with van der Waals surface area (Å²) in [4.78, 5) is 12.0. The molecule has 0 aromatic heterocycles. The minimum atomic E-state index is -0.284. The van der Waals surface area contributed by atoms with Gasteiger partial charge in [0.05, 0.1) is 13.5 Å². The van der Waals surface area contributed by atoms with Crippen molar-refractivity contribution in [1.82, 2.24) is 0 Å². The van der Waals surface area contributed by atoms with Crippen LogP contribution in [0.25, 0.3) is 0 Å². The molecule has 3 nitrogen and oxygen atoms in total. The molecule has 20 heavy (non-hydrogen) atoms. The van der Waals surface area contributed by atoms with E-state index >= 15 is 0 Å². The predicted octanol–water partition coefficient (Wildman–Crippen LogP) is 4.19. The van der Waals surface area contributed by atoms with Crippen molar-refractivity contribution in [2.45, 2.75) is 0 Å². The number of amides is 1. The fourth-order valence-corrected chi connectivity index (χ4v) is 2.26. The average Bonchev–Trinajstić information content (AvgIpc) is 2.37. The van der Waals surface area contributed by atoms with Gasteiger partial charge in [-0.2, -0.15) is 0 Å². The Labute approximate surface area is 127 Å². The third-order valence-electron chi connectivity index (χ3n) is 2.56. The van der Waals surface area contributed by atoms with Gasteiger partial charge in [-0.3, -0.25) is 4.79 Å². The Morgan fingerprint density at radius 3 is 2.45 bits per heavy atom. The minimum absolute atomic E-state index is 0.284. The Kier molecular flexibility index (Phi) is 4.88. The number of methoxy groups -OCH3 is 1. The number of halogens is 2. The Balaban J connectivity index is 2.09. The molecular formula is C15H12Cl2NO2. The lowest BCUT2D eigenvalue weighted by Crippen LogP contribution is -2.13. The molecule has 0 unspecified atom stereocenters. The Hall–Kier alpha value is -1.71. The van der Waals surface area contributed by atoms with Gasteiger partial charge >= 0.3 is 0 Å². The predicted molar refractivity (Wildman–Crippen MR) is 81.5 cm³/mol. The van der Waals surface area contributed by atoms with Crippen LogP contribution in [0.15, 0.2) is 42.5 Å². The zero-order chi connectivity index (χ0) is 14.5. The molecule has 2 aromatic rings. The van der Waals surface area contributed by atoms with Crippen molar-refractivity contribution < 1.29 is 9.53 Å². The van der Waals surface area contributed by atoms with Gasteiger partial charge in [0, 0.05) is 21.3 Å². The maximum atomic E-state index is 12.0. The largest absolute Gasteiger partial charge is 0.496 e. The number of rotatable bonds is 4. The third kappa shape index (κ3) is 3.89. The third-order valence-corrected chi connectivity index (χ3v) is 2.99. The van der Waals surface area contributed by atoms with Crippen LogP contribution in [-0.4, -0.2) is 13.0 Å². The van der Waals surface area contributed by atoms with Gasteiger partial charge in [0.15, 0.2) is 0 Å². The summed E-state index contributed by atoms with van der Waals surface area (Å²) in [6, 6.07) is 12.1. The molecule has 2 aromatic carbocycles. The summed E-state index contributed by atoms with van der Waals surface area (Å²) in [5.74, 6) is 0.347. The van der Waals surface area contributed by atoms with Crippen LogP contribution in [0.4, 0.5) is 5.69 Å². The second-order valence-corrected chi connectivity index (χ2v) is 4.91. The maximum Gasteiger partial charge on any atom is 0.233 e. The lowest BCUT2D eigenvalue weighted by Gasteiger charge is -2.09. The summed E-state index contributed by atoms with van der Waals surface area (Å²) in [5, 5.41) is 3.63. The van der Waals surface area contributed by atoms with E-state index in [-0.39, 0.29) is 5.91 Å². The summed E-state index contributed by atoms with van der Waals surface area (Å²) in [6.07, 6.45) is 1.45. The molecule has 2 rings (SSSR count). The van der Waals surface area contributed by atoms with Crippen LogP contribution < -0.4 is 10.1 Å². The zero-order valence-electron chi connectivity index (χ0n) is 10.7. The van der Waals surface area contributed by atoms with Crippen molar-refractivity contribution in [2.24, 2.45) is 0 Å². The maximum absolute atomic E-state index is 12.0. The zero-order valence-corrected chi connectivity index (χ0v) is 12.2. The minimum Gasteiger partial charge on any atom is -0.496 e. The fourth-order valence-electron chi connectivity index (χ4n) is 1.73. The van der Waals surface area contributed by atoms with Crippen molar-refractivity contribution in [3.05, 3.63) is 64.5 Å². The van der Waals surface area contributed by atoms with Gasteiger partial charge in [0.25, 0.3) is 0 Å². The molecule has 0 atom stereocenters. The first kappa shape index (κ1) is 14.7. The summed E-state index contributed by atoms with van der Waals surface area (Å²) in [7, 11) is 1.56. The van der Waals surface area contributed by atoms with Crippen LogP contribution in [-0.2, 0) is 4.79 Å². The summed E-state index contributed by atoms with van der Waals surface area (Å²) in [5.41, 5.74) is 1.24. The van der Waals surface area contributed by atoms with Crippen LogP contribution in [0.2, 0.25) is 10.0 Å². The molecule has 0 saturated carbocycles. The van der Waals surface area contributed by atoms with Gasteiger partial charge in [0.1, 0.15) is 5.75 Å². The van der Waals surface area contributed by atoms with Crippen LogP contribution in [0.1, 0.15) is 5.56 Å². The normalized spacial score (nSPS) is 10.2. The van der Waals surface area contributed by atoms with E-state index in [1.807, 2.05) is 12.1 Å². The first-order valence-electron chi connectivity index (χ1n) is 5.83. The average molecular weight is 309 g/mol. The second kappa shape index (κ2) is 6.64. The quantitative estimate of drug-likeness (QED) is 0.919. The second-order valence-electron chi connectivity index (χ2n) is 4.03. The summed E-state index contributed by atoms with van der Waals surface area (Å²) >= 11 is 11.8. The molecule has 0 spiro atoms. The van der Waals surface area contributed by atoms with E-state index in [0.717, 1.165) is 0 Å². The molecule has 0 saturated heterocycles. The van der Waals surface area contributed by atoms with Gasteiger partial charge < -0.3 is 10.1 Å². The van der Waals surface area contributed by atoms with Gasteiger partial charge in [-0.15, -0.1) is 0 Å². The lowest BCUT2D eigenvalue weighted by molar-refractivity contribution is -0.112. The number of nitrogens with one attached hydrogen (secondary N) is 1. The Morgan fingerprint density at radius 2 is 1.80 bits per heavy atom. The Morgan fingerprint density at radius 1 is 1.15 bits per heavy atom. The van der Waals surface area contributed by atoms with Crippen molar-refractivity contribution in [3.63, 3.8) is 0 Å². The number of hydrogen-bond acceptors (Lipinski definition) is 2. The molecule has 103 valence electrons. The molecule has 0 aliphatic rings. The molecule has 5 heteroatoms. The van der Waals surface area contributed by atoms with Crippen molar-refractivity contribution >= 4 is 34.8 Å². The topological polar surface area (TPSA) is 38.3 Å². The highest BCUT2D eigenvalue weighted by molar-refractivity contribution is 6.35. The van der Waals surface area contributed by atoms with Crippen molar-refractivity contribution in [3.8, 4) is 5.75 Å². The molecule has 1 amide bonds. The molecule has 1 radical (unpaired) electrons. The smallest absolute Gasteiger partial charge is 0.233 e. The van der Waals surface area contributed by atoms with Gasteiger partial charge in [0.2, 0.25) is 5.91 Å². The molecule has 1 N–H and O–H groups in total. The van der Waals surface area contributed by atoms with Crippen molar-refractivity contribution in [2.75, 3.05) is 12.4 Å². The van der Waals surface area contributed by atoms with E-state index in [0.29, 0.717) is 27.0 Å². The number of ether oxygens (including phenoxy) is 1. The molecule has 0 aliphatic carbocycles. The van der Waals surface area contributed by atoms with E-state index in [1.54, 1.807) is 37.4 Å². The van der Waals surface area contributed by atoms with Crippen LogP contribution in [0.3, 0.4) is 0 Å². The number of anilines is 1. The first-order chi connectivity index (χ1) is 9.58. The number of carbonyl (C=O) groups excluding carboxylic acids is 1. The molecular weight excluding hydrogens is 297 g/mol. The standard InChI is InChI=1S/C15H12Cl2NO2/c1-20-14-5-3-2-4-10(14)6-15(19)18-13-8-11(16)7-12(17)9-13/h2-9H,1H3,(H,18,19). The highest BCUT2D eigenvalue weighted by atomic mass is 35.5. The van der Waals surface area contributed by atoms with Crippen LogP contribution in [0.5, 0.6) is 5.75 Å². The fraction of sp³-hybridized carbons (Fsp3) is 0.0667. The molecule has 0 aliphatic heterocycles. The summed E-state index contributed by atoms with van der Waals surface area (Å²) < 4.78 is 5.18. The van der Waals surface area contributed by atoms with Gasteiger partial charge in [-0.1, -0.05) is 41.4 Å². The number of para-hydroxylation sites is 1. The van der Waals surface area contributed by atoms with Crippen molar-refractivity contribution in [1.29, 1.82) is 0 Å². The van der Waals surface area contributed by atoms with E-state index in [2.05, 4.69) is 5.32 Å². The Bertz CT molecular complexity index is 609. The number of benzene rings is 2. The van der Waals surface area contributed by atoms with Crippen LogP contribution in [0, 0.1) is 6.42 Å². The number of carbonyl (C=O) groups is 1. The molecule has 0 fully saturated rings. The SMILES string of the molecule is COc1ccccc1[CH]C(=O)Nc1cc(Cl)cc(Cl)c1. The number of hydrogen-bond donors (Lipinski definition) is 1. The summed E-state index contributed by atoms with van der Waals surface area (Å²) in [6.45, 7) is 0. The molecule has 0 bridgehead atoms. The highest BCUT2D eigenvalue weighted by Gasteiger charge is 2.09. The monoisotopic (exact) mass is 308 g/mol. The van der Waals surface area contributed by atoms with E-state index in [9.17, 15) is 4.79 Å². The lowest BCUT2D eigenvalue weighted by atomic mass is 10.1. The van der Waals surface area contributed by atoms with E-state index < -0.39 is 0 Å². The highest BCUT2D eigenvalue weighted by Crippen LogP contribution is 2.24. The first-order valence-corrected chi connectivity index (χ1v) is 6.59. The molecule has 0 heterocycles. The van der Waals surface area contributed by atoms with E-state index in [1.165, 1.54) is 6.42 Å². The van der Waals surface area contributed by atoms with Gasteiger partial charge in [-0.05, 0) is 24.3 Å². The van der Waals surface area contributed by atoms with E-state index in [4.69, 9.17) is 27.9 Å². The van der Waals surface area contributed by atoms with Crippen LogP contribution >= 0.6 is 23.2 Å².